The summed E-state index contributed by atoms with van der Waals surface area (Å²) in [6.45, 7) is 0. The van der Waals surface area contributed by atoms with E-state index >= 15 is 0 Å². The van der Waals surface area contributed by atoms with E-state index in [1.54, 1.807) is 18.2 Å². The number of hydrogen-bond acceptors (Lipinski definition) is 4. The number of para-hydroxylation sites is 1. The van der Waals surface area contributed by atoms with Crippen LogP contribution >= 0.6 is 11.3 Å². The molecule has 2 aromatic rings. The Morgan fingerprint density at radius 3 is 2.69 bits per heavy atom. The maximum absolute atomic E-state index is 10.9. The summed E-state index contributed by atoms with van der Waals surface area (Å²) in [6, 6.07) is 6.53. The second-order valence-electron chi connectivity index (χ2n) is 3.13. The average Bonchev–Trinajstić information content (AvgIpc) is 2.81. The van der Waals surface area contributed by atoms with Crippen LogP contribution in [-0.2, 0) is 0 Å². The van der Waals surface area contributed by atoms with E-state index in [9.17, 15) is 14.9 Å². The predicted molar refractivity (Wildman–Crippen MR) is 61.8 cm³/mol. The van der Waals surface area contributed by atoms with E-state index in [1.165, 1.54) is 17.4 Å². The molecule has 80 valence electrons. The van der Waals surface area contributed by atoms with Crippen molar-refractivity contribution in [3.8, 4) is 11.1 Å². The van der Waals surface area contributed by atoms with Gasteiger partial charge >= 0.3 is 0 Å². The molecule has 0 N–H and O–H groups in total. The highest BCUT2D eigenvalue weighted by Crippen LogP contribution is 2.33. The zero-order chi connectivity index (χ0) is 11.5. The third kappa shape index (κ3) is 1.72. The molecule has 5 heteroatoms. The molecule has 0 unspecified atom stereocenters. The van der Waals surface area contributed by atoms with Gasteiger partial charge in [-0.15, -0.1) is 0 Å². The second kappa shape index (κ2) is 4.24. The van der Waals surface area contributed by atoms with E-state index in [0.717, 1.165) is 5.56 Å². The molecule has 0 saturated carbocycles. The van der Waals surface area contributed by atoms with Gasteiger partial charge in [-0.2, -0.15) is 11.3 Å². The van der Waals surface area contributed by atoms with Crippen molar-refractivity contribution in [3.05, 3.63) is 50.7 Å². The molecule has 1 aromatic heterocycles. The minimum atomic E-state index is -0.517. The first kappa shape index (κ1) is 10.5. The smallest absolute Gasteiger partial charge is 0.287 e. The number of thiophene rings is 1. The number of nitrogens with zero attached hydrogens (tertiary/aromatic N) is 1. The Morgan fingerprint density at radius 2 is 2.12 bits per heavy atom. The monoisotopic (exact) mass is 233 g/mol. The average molecular weight is 233 g/mol. The molecule has 0 radical (unpaired) electrons. The number of carbonyl (C=O) groups excluding carboxylic acids is 1. The lowest BCUT2D eigenvalue weighted by Gasteiger charge is -2.02. The number of nitro groups is 1. The molecule has 0 bridgehead atoms. The fourth-order valence-corrected chi connectivity index (χ4v) is 2.17. The van der Waals surface area contributed by atoms with Gasteiger partial charge < -0.3 is 0 Å². The van der Waals surface area contributed by atoms with E-state index in [0.29, 0.717) is 11.8 Å². The van der Waals surface area contributed by atoms with Gasteiger partial charge in [-0.05, 0) is 34.5 Å². The van der Waals surface area contributed by atoms with Crippen LogP contribution in [0, 0.1) is 10.1 Å². The van der Waals surface area contributed by atoms with Crippen molar-refractivity contribution in [2.24, 2.45) is 0 Å². The number of carbonyl (C=O) groups is 1. The highest BCUT2D eigenvalue weighted by atomic mass is 32.1. The lowest BCUT2D eigenvalue weighted by atomic mass is 10.0. The van der Waals surface area contributed by atoms with Crippen LogP contribution in [0.3, 0.4) is 0 Å². The van der Waals surface area contributed by atoms with Crippen molar-refractivity contribution in [3.63, 3.8) is 0 Å². The fourth-order valence-electron chi connectivity index (χ4n) is 1.51. The maximum atomic E-state index is 10.9. The zero-order valence-corrected chi connectivity index (χ0v) is 8.94. The van der Waals surface area contributed by atoms with Crippen molar-refractivity contribution in [2.45, 2.75) is 0 Å². The summed E-state index contributed by atoms with van der Waals surface area (Å²) >= 11 is 1.46. The van der Waals surface area contributed by atoms with Crippen molar-refractivity contribution < 1.29 is 9.72 Å². The number of rotatable bonds is 3. The van der Waals surface area contributed by atoms with Crippen LogP contribution in [-0.4, -0.2) is 11.2 Å². The van der Waals surface area contributed by atoms with Gasteiger partial charge in [0, 0.05) is 0 Å². The first-order valence-electron chi connectivity index (χ1n) is 4.49. The molecule has 0 saturated heterocycles. The Bertz CT molecular complexity index is 534. The lowest BCUT2D eigenvalue weighted by molar-refractivity contribution is -0.384. The largest absolute Gasteiger partial charge is 0.298 e. The van der Waals surface area contributed by atoms with Crippen molar-refractivity contribution >= 4 is 23.3 Å². The molecule has 4 nitrogen and oxygen atoms in total. The Balaban J connectivity index is 2.70. The summed E-state index contributed by atoms with van der Waals surface area (Å²) < 4.78 is 0. The summed E-state index contributed by atoms with van der Waals surface area (Å²) in [5.41, 5.74) is 1.22. The number of hydrogen-bond donors (Lipinski definition) is 0. The molecule has 0 aliphatic carbocycles. The minimum absolute atomic E-state index is 0.105. The Morgan fingerprint density at radius 1 is 1.31 bits per heavy atom. The molecule has 1 heterocycles. The van der Waals surface area contributed by atoms with Gasteiger partial charge in [-0.3, -0.25) is 14.9 Å². The number of aldehydes is 1. The highest BCUT2D eigenvalue weighted by molar-refractivity contribution is 7.08. The summed E-state index contributed by atoms with van der Waals surface area (Å²) in [7, 11) is 0. The first-order chi connectivity index (χ1) is 7.74. The molecule has 16 heavy (non-hydrogen) atoms. The van der Waals surface area contributed by atoms with Crippen LogP contribution in [0.2, 0.25) is 0 Å². The van der Waals surface area contributed by atoms with Crippen molar-refractivity contribution in [2.75, 3.05) is 0 Å². The molecular weight excluding hydrogens is 226 g/mol. The quantitative estimate of drug-likeness (QED) is 0.465. The third-order valence-corrected chi connectivity index (χ3v) is 2.89. The lowest BCUT2D eigenvalue weighted by Crippen LogP contribution is -1.96. The first-order valence-corrected chi connectivity index (χ1v) is 5.43. The normalized spacial score (nSPS) is 10.0. The molecule has 2 rings (SSSR count). The predicted octanol–water partition coefficient (Wildman–Crippen LogP) is 3.14. The molecule has 1 aromatic carbocycles. The minimum Gasteiger partial charge on any atom is -0.298 e. The molecule has 0 aliphatic heterocycles. The van der Waals surface area contributed by atoms with Crippen LogP contribution < -0.4 is 0 Å². The van der Waals surface area contributed by atoms with Crippen molar-refractivity contribution in [1.82, 2.24) is 0 Å². The van der Waals surface area contributed by atoms with Gasteiger partial charge in [0.1, 0.15) is 0 Å². The van der Waals surface area contributed by atoms with Gasteiger partial charge in [-0.25, -0.2) is 0 Å². The standard InChI is InChI=1S/C11H7NO3S/c13-6-8-2-1-3-10(11(8)12(14)15)9-4-5-16-7-9/h1-7H. The topological polar surface area (TPSA) is 60.2 Å². The molecule has 0 fully saturated rings. The molecular formula is C11H7NO3S. The van der Waals surface area contributed by atoms with E-state index in [4.69, 9.17) is 0 Å². The molecule has 0 aliphatic rings. The fraction of sp³-hybridized carbons (Fsp3) is 0. The summed E-state index contributed by atoms with van der Waals surface area (Å²) in [5.74, 6) is 0. The highest BCUT2D eigenvalue weighted by Gasteiger charge is 2.20. The van der Waals surface area contributed by atoms with Crippen LogP contribution in [0.4, 0.5) is 5.69 Å². The third-order valence-electron chi connectivity index (χ3n) is 2.21. The van der Waals surface area contributed by atoms with Gasteiger partial charge in [0.05, 0.1) is 16.1 Å². The molecule has 0 spiro atoms. The SMILES string of the molecule is O=Cc1cccc(-c2ccsc2)c1[N+](=O)[O-]. The van der Waals surface area contributed by atoms with Crippen LogP contribution in [0.15, 0.2) is 35.0 Å². The van der Waals surface area contributed by atoms with Crippen LogP contribution in [0.25, 0.3) is 11.1 Å². The Hall–Kier alpha value is -2.01. The number of benzene rings is 1. The van der Waals surface area contributed by atoms with Crippen LogP contribution in [0.1, 0.15) is 10.4 Å². The molecule has 0 amide bonds. The Labute approximate surface area is 95.3 Å². The van der Waals surface area contributed by atoms with Crippen LogP contribution in [0.5, 0.6) is 0 Å². The van der Waals surface area contributed by atoms with E-state index in [2.05, 4.69) is 0 Å². The van der Waals surface area contributed by atoms with E-state index in [-0.39, 0.29) is 11.3 Å². The zero-order valence-electron chi connectivity index (χ0n) is 8.12. The summed E-state index contributed by atoms with van der Waals surface area (Å²) in [4.78, 5) is 21.2. The number of nitro benzene ring substituents is 1. The van der Waals surface area contributed by atoms with Gasteiger partial charge in [0.2, 0.25) is 0 Å². The Kier molecular flexibility index (Phi) is 2.78. The maximum Gasteiger partial charge on any atom is 0.287 e. The van der Waals surface area contributed by atoms with Gasteiger partial charge in [-0.1, -0.05) is 6.07 Å². The van der Waals surface area contributed by atoms with Crippen molar-refractivity contribution in [1.29, 1.82) is 0 Å². The molecule has 0 atom stereocenters. The summed E-state index contributed by atoms with van der Waals surface area (Å²) in [5, 5.41) is 14.6. The second-order valence-corrected chi connectivity index (χ2v) is 3.91. The van der Waals surface area contributed by atoms with Gasteiger partial charge in [0.25, 0.3) is 5.69 Å². The summed E-state index contributed by atoms with van der Waals surface area (Å²) in [6.07, 6.45) is 0.508. The van der Waals surface area contributed by atoms with Gasteiger partial charge in [0.15, 0.2) is 6.29 Å². The van der Waals surface area contributed by atoms with E-state index < -0.39 is 4.92 Å². The van der Waals surface area contributed by atoms with E-state index in [1.807, 2.05) is 10.8 Å².